The Kier molecular flexibility index (Phi) is 9.51. The van der Waals surface area contributed by atoms with Crippen LogP contribution in [0.3, 0.4) is 0 Å². The third-order valence-corrected chi connectivity index (χ3v) is 12.5. The van der Waals surface area contributed by atoms with Gasteiger partial charge in [0.2, 0.25) is 0 Å². The number of nitrogens with zero attached hydrogens (tertiary/aromatic N) is 3. The van der Waals surface area contributed by atoms with E-state index in [0.29, 0.717) is 17.5 Å². The number of benzene rings is 9. The molecule has 0 N–H and O–H groups in total. The highest BCUT2D eigenvalue weighted by Crippen LogP contribution is 2.61. The smallest absolute Gasteiger partial charge is 0.164 e. The molecular weight excluding hydrogens is 763 g/mol. The molecule has 63 heavy (non-hydrogen) atoms. The predicted molar refractivity (Wildman–Crippen MR) is 261 cm³/mol. The van der Waals surface area contributed by atoms with Gasteiger partial charge in [0.1, 0.15) is 0 Å². The normalized spacial score (nSPS) is 12.4. The number of aromatic nitrogens is 3. The van der Waals surface area contributed by atoms with Crippen molar-refractivity contribution in [3.05, 3.63) is 236 Å². The van der Waals surface area contributed by atoms with Crippen LogP contribution < -0.4 is 0 Å². The first kappa shape index (κ1) is 38.0. The highest BCUT2D eigenvalue weighted by atomic mass is 15.0. The highest BCUT2D eigenvalue weighted by Gasteiger charge is 2.42. The van der Waals surface area contributed by atoms with Gasteiger partial charge in [0.15, 0.2) is 17.5 Å². The maximum Gasteiger partial charge on any atom is 0.164 e. The molecule has 0 saturated carbocycles. The number of hydrogen-bond acceptors (Lipinski definition) is 3. The van der Waals surface area contributed by atoms with Gasteiger partial charge in [0.05, 0.1) is 0 Å². The van der Waals surface area contributed by atoms with Crippen LogP contribution in [0.2, 0.25) is 0 Å². The first-order valence-corrected chi connectivity index (χ1v) is 21.6. The molecule has 1 aromatic heterocycles. The fraction of sp³-hybridized carbons (Fsp3) is 0.0500. The molecule has 0 unspecified atom stereocenters. The van der Waals surface area contributed by atoms with Crippen molar-refractivity contribution in [2.45, 2.75) is 19.3 Å². The Morgan fingerprint density at radius 3 is 1.06 bits per heavy atom. The number of rotatable bonds is 8. The van der Waals surface area contributed by atoms with E-state index in [9.17, 15) is 0 Å². The lowest BCUT2D eigenvalue weighted by Crippen LogP contribution is -2.17. The molecular formula is C60H43N3. The standard InChI is InChI=1S/C60H43N3/c1-60(2)50-39-47(46-34-21-35-48(38-46)59-62-57(44-30-17-7-18-31-44)61-58(63-59)45-32-19-8-20-33-45)36-37-49(50)55-53(42-26-13-5-14-27-42)51(40-22-9-3-10-23-40)52(41-24-11-4-12-25-41)54(56(55)60)43-28-15-6-16-29-43/h3-39H,1-2H3. The Balaban J connectivity index is 1.14. The molecule has 0 spiro atoms. The van der Waals surface area contributed by atoms with E-state index in [2.05, 4.69) is 178 Å². The second-order valence-corrected chi connectivity index (χ2v) is 16.7. The maximum absolute atomic E-state index is 5.06. The SMILES string of the molecule is CC1(C)c2cc(-c3cccc(-c4nc(-c5ccccc5)nc(-c5ccccc5)n4)c3)ccc2-c2c(-c3ccccc3)c(-c3ccccc3)c(-c3ccccc3)c(-c3ccccc3)c21. The van der Waals surface area contributed by atoms with Crippen LogP contribution in [0.15, 0.2) is 224 Å². The van der Waals surface area contributed by atoms with Crippen LogP contribution in [0.1, 0.15) is 25.0 Å². The molecule has 9 aromatic carbocycles. The van der Waals surface area contributed by atoms with Crippen LogP contribution in [-0.4, -0.2) is 15.0 Å². The monoisotopic (exact) mass is 805 g/mol. The fourth-order valence-corrected chi connectivity index (χ4v) is 9.59. The van der Waals surface area contributed by atoms with E-state index < -0.39 is 0 Å². The summed E-state index contributed by atoms with van der Waals surface area (Å²) in [5.41, 5.74) is 19.8. The van der Waals surface area contributed by atoms with Gasteiger partial charge in [-0.05, 0) is 90.0 Å². The summed E-state index contributed by atoms with van der Waals surface area (Å²) in [5.74, 6) is 1.94. The topological polar surface area (TPSA) is 38.7 Å². The average Bonchev–Trinajstić information content (AvgIpc) is 3.60. The summed E-state index contributed by atoms with van der Waals surface area (Å²) in [5, 5.41) is 0. The van der Waals surface area contributed by atoms with Crippen molar-refractivity contribution < 1.29 is 0 Å². The maximum atomic E-state index is 5.06. The van der Waals surface area contributed by atoms with E-state index in [-0.39, 0.29) is 5.41 Å². The first-order valence-electron chi connectivity index (χ1n) is 21.6. The molecule has 0 radical (unpaired) electrons. The molecule has 0 bridgehead atoms. The van der Waals surface area contributed by atoms with Gasteiger partial charge >= 0.3 is 0 Å². The fourth-order valence-electron chi connectivity index (χ4n) is 9.59. The van der Waals surface area contributed by atoms with Gasteiger partial charge in [0, 0.05) is 22.1 Å². The van der Waals surface area contributed by atoms with Crippen molar-refractivity contribution >= 4 is 0 Å². The number of fused-ring (bicyclic) bond motifs is 3. The predicted octanol–water partition coefficient (Wildman–Crippen LogP) is 15.5. The summed E-state index contributed by atoms with van der Waals surface area (Å²) in [6.45, 7) is 4.83. The summed E-state index contributed by atoms with van der Waals surface area (Å²) < 4.78 is 0. The van der Waals surface area contributed by atoms with Crippen LogP contribution in [0.25, 0.3) is 101 Å². The lowest BCUT2D eigenvalue weighted by molar-refractivity contribution is 0.662. The van der Waals surface area contributed by atoms with Crippen molar-refractivity contribution in [1.29, 1.82) is 0 Å². The summed E-state index contributed by atoms with van der Waals surface area (Å²) in [6, 6.07) is 80.0. The molecule has 298 valence electrons. The lowest BCUT2D eigenvalue weighted by Gasteiger charge is -2.30. The summed E-state index contributed by atoms with van der Waals surface area (Å²) >= 11 is 0. The van der Waals surface area contributed by atoms with E-state index in [4.69, 9.17) is 15.0 Å². The van der Waals surface area contributed by atoms with Gasteiger partial charge in [0.25, 0.3) is 0 Å². The van der Waals surface area contributed by atoms with E-state index in [1.807, 2.05) is 60.7 Å². The largest absolute Gasteiger partial charge is 0.208 e. The van der Waals surface area contributed by atoms with Crippen molar-refractivity contribution in [3.63, 3.8) is 0 Å². The third kappa shape index (κ3) is 6.75. The molecule has 0 amide bonds. The van der Waals surface area contributed by atoms with Crippen LogP contribution in [0.5, 0.6) is 0 Å². The molecule has 0 fully saturated rings. The minimum atomic E-state index is -0.366. The third-order valence-electron chi connectivity index (χ3n) is 12.5. The van der Waals surface area contributed by atoms with Crippen molar-refractivity contribution in [3.8, 4) is 101 Å². The minimum Gasteiger partial charge on any atom is -0.208 e. The van der Waals surface area contributed by atoms with Crippen LogP contribution in [-0.2, 0) is 5.41 Å². The van der Waals surface area contributed by atoms with Crippen molar-refractivity contribution in [2.75, 3.05) is 0 Å². The van der Waals surface area contributed by atoms with E-state index in [1.165, 1.54) is 66.8 Å². The van der Waals surface area contributed by atoms with Gasteiger partial charge in [-0.3, -0.25) is 0 Å². The minimum absolute atomic E-state index is 0.366. The zero-order valence-electron chi connectivity index (χ0n) is 35.2. The van der Waals surface area contributed by atoms with E-state index >= 15 is 0 Å². The molecule has 10 aromatic rings. The van der Waals surface area contributed by atoms with Crippen LogP contribution in [0, 0.1) is 0 Å². The van der Waals surface area contributed by atoms with Gasteiger partial charge < -0.3 is 0 Å². The van der Waals surface area contributed by atoms with Crippen LogP contribution in [0.4, 0.5) is 0 Å². The summed E-state index contributed by atoms with van der Waals surface area (Å²) in [6.07, 6.45) is 0. The Morgan fingerprint density at radius 1 is 0.270 bits per heavy atom. The summed E-state index contributed by atoms with van der Waals surface area (Å²) in [7, 11) is 0. The Bertz CT molecular complexity index is 3200. The second-order valence-electron chi connectivity index (χ2n) is 16.7. The van der Waals surface area contributed by atoms with Gasteiger partial charge in [-0.1, -0.05) is 226 Å². The second kappa shape index (κ2) is 15.8. The molecule has 0 saturated heterocycles. The van der Waals surface area contributed by atoms with E-state index in [0.717, 1.165) is 27.8 Å². The molecule has 0 aliphatic heterocycles. The van der Waals surface area contributed by atoms with Gasteiger partial charge in [-0.2, -0.15) is 0 Å². The lowest BCUT2D eigenvalue weighted by atomic mass is 9.72. The zero-order valence-corrected chi connectivity index (χ0v) is 35.2. The Labute approximate surface area is 369 Å². The van der Waals surface area contributed by atoms with Gasteiger partial charge in [-0.25, -0.2) is 15.0 Å². The van der Waals surface area contributed by atoms with Crippen LogP contribution >= 0.6 is 0 Å². The molecule has 0 atom stereocenters. The molecule has 1 heterocycles. The molecule has 1 aliphatic carbocycles. The molecule has 3 nitrogen and oxygen atoms in total. The highest BCUT2D eigenvalue weighted by molar-refractivity contribution is 6.12. The average molecular weight is 806 g/mol. The summed E-state index contributed by atoms with van der Waals surface area (Å²) in [4.78, 5) is 15.1. The quantitative estimate of drug-likeness (QED) is 0.154. The molecule has 11 rings (SSSR count). The molecule has 3 heteroatoms. The van der Waals surface area contributed by atoms with Crippen molar-refractivity contribution in [2.24, 2.45) is 0 Å². The molecule has 1 aliphatic rings. The van der Waals surface area contributed by atoms with E-state index in [1.54, 1.807) is 0 Å². The number of hydrogen-bond donors (Lipinski definition) is 0. The van der Waals surface area contributed by atoms with Crippen molar-refractivity contribution in [1.82, 2.24) is 15.0 Å². The Morgan fingerprint density at radius 2 is 0.603 bits per heavy atom. The first-order chi connectivity index (χ1) is 31.0. The Hall–Kier alpha value is -8.01. The van der Waals surface area contributed by atoms with Gasteiger partial charge in [-0.15, -0.1) is 0 Å². The zero-order chi connectivity index (χ0) is 42.3.